The van der Waals surface area contributed by atoms with E-state index in [4.69, 9.17) is 47.3 Å². The van der Waals surface area contributed by atoms with Crippen molar-refractivity contribution in [2.24, 2.45) is 0 Å². The quantitative estimate of drug-likeness (QED) is 0.186. The van der Waals surface area contributed by atoms with Gasteiger partial charge in [0.1, 0.15) is 0 Å². The van der Waals surface area contributed by atoms with Gasteiger partial charge in [-0.05, 0) is 23.2 Å². The summed E-state index contributed by atoms with van der Waals surface area (Å²) < 4.78 is 9.09. The number of rotatable bonds is 8. The van der Waals surface area contributed by atoms with Crippen molar-refractivity contribution in [3.8, 4) is 0 Å². The summed E-state index contributed by atoms with van der Waals surface area (Å²) in [5.74, 6) is -2.63. The first kappa shape index (κ1) is 56.3. The van der Waals surface area contributed by atoms with Crippen LogP contribution in [0.25, 0.3) is 0 Å². The Morgan fingerprint density at radius 1 is 0.580 bits per heavy atom. The predicted molar refractivity (Wildman–Crippen MR) is 200 cm³/mol. The van der Waals surface area contributed by atoms with Crippen molar-refractivity contribution in [3.05, 3.63) is 69.9 Å². The Balaban J connectivity index is -0.000000181. The van der Waals surface area contributed by atoms with E-state index in [2.05, 4.69) is 21.4 Å². The number of carboxylic acid groups (broad SMARTS) is 2. The number of carbonyl (C=O) groups is 6. The van der Waals surface area contributed by atoms with E-state index < -0.39 is 31.7 Å². The molecule has 0 heterocycles. The van der Waals surface area contributed by atoms with Crippen molar-refractivity contribution in [3.63, 3.8) is 0 Å². The number of nitrogens with zero attached hydrogens (tertiary/aromatic N) is 2. The molecule has 13 nitrogen and oxygen atoms in total. The van der Waals surface area contributed by atoms with Crippen LogP contribution in [0.15, 0.2) is 69.9 Å². The average Bonchev–Trinajstić information content (AvgIpc) is 3.88. The van der Waals surface area contributed by atoms with E-state index in [1.54, 1.807) is 12.2 Å². The molecule has 0 radical (unpaired) electrons. The van der Waals surface area contributed by atoms with Gasteiger partial charge in [0.2, 0.25) is 19.7 Å². The Hall–Kier alpha value is -3.11. The Morgan fingerprint density at radius 2 is 0.780 bits per heavy atom. The molecular formula is C32H48Cl4N2O11S. The molecular weight excluding hydrogens is 762 g/mol. The first-order valence-electron chi connectivity index (χ1n) is 14.4. The second-order valence-corrected chi connectivity index (χ2v) is 11.2. The van der Waals surface area contributed by atoms with Crippen LogP contribution in [-0.4, -0.2) is 87.1 Å². The van der Waals surface area contributed by atoms with E-state index in [1.165, 1.54) is 52.6 Å². The zero-order valence-electron chi connectivity index (χ0n) is 29.0. The average molecular weight is 811 g/mol. The van der Waals surface area contributed by atoms with Gasteiger partial charge in [-0.1, -0.05) is 85.4 Å². The summed E-state index contributed by atoms with van der Waals surface area (Å²) in [4.78, 5) is 74.6. The molecule has 2 N–H and O–H groups in total. The standard InChI is InChI=1S/C11H16N2O4.C7H4Cl2O2.C7H6O4.3C2H6.CH4.Cl2OS/c1-12(16-3)10(14)8-5-6-9(7-8)11(15)13(2)17-4;8-6(10)4-1-2-5(3-4)7(9)11;8-6(9)4-1-2-5(3-4)7(10)11;3*1-2;;1-4(2)3/h5-6H,7H2,1-4H3;1-2H,3H2;1-2H,3H2,(H,8,9)(H,10,11);3*1-2H3;1H4;. The summed E-state index contributed by atoms with van der Waals surface area (Å²) in [5.41, 5.74) is 2.11. The monoisotopic (exact) mass is 808 g/mol. The summed E-state index contributed by atoms with van der Waals surface area (Å²) in [7, 11) is 13.2. The van der Waals surface area contributed by atoms with Crippen LogP contribution >= 0.6 is 44.6 Å². The van der Waals surface area contributed by atoms with Crippen molar-refractivity contribution in [2.45, 2.75) is 68.2 Å². The second kappa shape index (κ2) is 33.1. The van der Waals surface area contributed by atoms with E-state index >= 15 is 0 Å². The first-order valence-corrected chi connectivity index (χ1v) is 18.0. The van der Waals surface area contributed by atoms with Crippen LogP contribution in [0.1, 0.15) is 68.2 Å². The van der Waals surface area contributed by atoms with Crippen molar-refractivity contribution >= 4 is 88.0 Å². The summed E-state index contributed by atoms with van der Waals surface area (Å²) in [6, 6.07) is 0. The smallest absolute Gasteiger partial charge is 0.331 e. The third-order valence-electron chi connectivity index (χ3n) is 5.32. The van der Waals surface area contributed by atoms with Gasteiger partial charge in [0.05, 0.1) is 14.2 Å². The van der Waals surface area contributed by atoms with Gasteiger partial charge in [0.15, 0.2) is 0 Å². The topological polar surface area (TPSA) is 185 Å². The van der Waals surface area contributed by atoms with Crippen molar-refractivity contribution in [1.29, 1.82) is 0 Å². The summed E-state index contributed by atoms with van der Waals surface area (Å²) in [5, 5.41) is 18.0. The lowest BCUT2D eigenvalue weighted by Gasteiger charge is -2.16. The van der Waals surface area contributed by atoms with Crippen LogP contribution < -0.4 is 0 Å². The SMILES string of the molecule is C.CC.CC.CC.CON(C)C(=O)C1=CC=C(C(=O)N(C)OC)C1.O=C(Cl)C1=CC=C(C(=O)Cl)C1.O=C(O)C1=CC=C(C(=O)O)C1.O=S(Cl)Cl. The maximum Gasteiger partial charge on any atom is 0.331 e. The number of amides is 2. The number of carbonyl (C=O) groups excluding carboxylic acids is 4. The summed E-state index contributed by atoms with van der Waals surface area (Å²) in [6.45, 7) is 12.0. The molecule has 0 aromatic rings. The van der Waals surface area contributed by atoms with E-state index in [-0.39, 0.29) is 43.2 Å². The van der Waals surface area contributed by atoms with E-state index in [9.17, 15) is 28.8 Å². The number of likely N-dealkylation sites (N-methyl/N-ethyl adjacent to an activating group) is 2. The molecule has 0 fully saturated rings. The molecule has 3 aliphatic rings. The van der Waals surface area contributed by atoms with Crippen LogP contribution in [0.2, 0.25) is 0 Å². The van der Waals surface area contributed by atoms with Gasteiger partial charge in [0, 0.05) is 88.2 Å². The minimum absolute atomic E-state index is 0. The molecule has 0 spiro atoms. The lowest BCUT2D eigenvalue weighted by atomic mass is 10.1. The highest BCUT2D eigenvalue weighted by molar-refractivity contribution is 8.26. The predicted octanol–water partition coefficient (Wildman–Crippen LogP) is 7.23. The maximum atomic E-state index is 11.7. The normalized spacial score (nSPS) is 12.8. The third kappa shape index (κ3) is 24.1. The van der Waals surface area contributed by atoms with Gasteiger partial charge < -0.3 is 10.2 Å². The number of hydrogen-bond donors (Lipinski definition) is 2. The summed E-state index contributed by atoms with van der Waals surface area (Å²) >= 11 is 10.3. The minimum atomic E-state index is -1.67. The summed E-state index contributed by atoms with van der Waals surface area (Å²) in [6.07, 6.45) is 9.44. The maximum absolute atomic E-state index is 11.7. The van der Waals surface area contributed by atoms with Gasteiger partial charge in [0.25, 0.3) is 11.8 Å². The van der Waals surface area contributed by atoms with Crippen LogP contribution in [0.3, 0.4) is 0 Å². The second-order valence-electron chi connectivity index (χ2n) is 7.99. The Labute approximate surface area is 316 Å². The molecule has 0 aromatic carbocycles. The largest absolute Gasteiger partial charge is 0.478 e. The lowest BCUT2D eigenvalue weighted by Crippen LogP contribution is -2.29. The zero-order chi connectivity index (χ0) is 39.4. The molecule has 0 aromatic heterocycles. The molecule has 50 heavy (non-hydrogen) atoms. The fourth-order valence-corrected chi connectivity index (χ4v) is 3.26. The van der Waals surface area contributed by atoms with E-state index in [1.807, 2.05) is 41.5 Å². The number of hydrogen-bond acceptors (Lipinski definition) is 9. The number of halogens is 4. The van der Waals surface area contributed by atoms with Gasteiger partial charge in [-0.3, -0.25) is 28.9 Å². The molecule has 0 bridgehead atoms. The van der Waals surface area contributed by atoms with Gasteiger partial charge in [-0.2, -0.15) is 0 Å². The molecule has 3 aliphatic carbocycles. The molecule has 0 aliphatic heterocycles. The van der Waals surface area contributed by atoms with Crippen LogP contribution in [0.4, 0.5) is 0 Å². The molecule has 0 saturated carbocycles. The fraction of sp³-hybridized carbons (Fsp3) is 0.438. The van der Waals surface area contributed by atoms with Gasteiger partial charge in [-0.15, -0.1) is 0 Å². The van der Waals surface area contributed by atoms with Crippen LogP contribution in [0.5, 0.6) is 0 Å². The molecule has 286 valence electrons. The molecule has 3 rings (SSSR count). The third-order valence-corrected chi connectivity index (χ3v) is 5.81. The Bertz CT molecular complexity index is 1200. The Morgan fingerprint density at radius 3 is 0.960 bits per heavy atom. The fourth-order valence-electron chi connectivity index (χ4n) is 3.00. The molecule has 18 heteroatoms. The number of hydroxylamine groups is 4. The minimum Gasteiger partial charge on any atom is -0.478 e. The lowest BCUT2D eigenvalue weighted by molar-refractivity contribution is -0.164. The van der Waals surface area contributed by atoms with E-state index in [0.29, 0.717) is 28.7 Å². The number of aliphatic carboxylic acids is 2. The highest BCUT2D eigenvalue weighted by Gasteiger charge is 2.24. The van der Waals surface area contributed by atoms with E-state index in [0.717, 1.165) is 10.1 Å². The van der Waals surface area contributed by atoms with Crippen LogP contribution in [-0.2, 0) is 47.7 Å². The van der Waals surface area contributed by atoms with Gasteiger partial charge >= 0.3 is 11.9 Å². The highest BCUT2D eigenvalue weighted by atomic mass is 36.0. The highest BCUT2D eigenvalue weighted by Crippen LogP contribution is 2.23. The van der Waals surface area contributed by atoms with Crippen molar-refractivity contribution in [1.82, 2.24) is 10.1 Å². The number of allylic oxidation sites excluding steroid dienone is 8. The van der Waals surface area contributed by atoms with Crippen molar-refractivity contribution < 1.29 is 52.9 Å². The molecule has 0 atom stereocenters. The first-order chi connectivity index (χ1) is 23.0. The van der Waals surface area contributed by atoms with Gasteiger partial charge in [-0.25, -0.2) is 23.9 Å². The van der Waals surface area contributed by atoms with Crippen LogP contribution in [0, 0.1) is 0 Å². The molecule has 0 unspecified atom stereocenters. The Kier molecular flexibility index (Phi) is 37.2. The molecule has 2 amide bonds. The number of carboxylic acids is 2. The molecule has 0 saturated heterocycles. The zero-order valence-corrected chi connectivity index (χ0v) is 32.8. The van der Waals surface area contributed by atoms with Crippen molar-refractivity contribution in [2.75, 3.05) is 28.3 Å².